The molecule has 0 bridgehead atoms. The molecule has 0 unspecified atom stereocenters. The first kappa shape index (κ1) is 11.4. The van der Waals surface area contributed by atoms with E-state index in [2.05, 4.69) is 17.2 Å². The van der Waals surface area contributed by atoms with Crippen molar-refractivity contribution in [2.75, 3.05) is 6.54 Å². The number of rotatable bonds is 4. The maximum atomic E-state index is 11.6. The van der Waals surface area contributed by atoms with Crippen LogP contribution in [0.2, 0.25) is 0 Å². The van der Waals surface area contributed by atoms with E-state index in [1.54, 1.807) is 12.4 Å². The number of aromatic nitrogens is 1. The molecule has 0 aliphatic carbocycles. The fourth-order valence-corrected chi connectivity index (χ4v) is 1.18. The summed E-state index contributed by atoms with van der Waals surface area (Å²) in [5.74, 6) is -0.0769. The Morgan fingerprint density at radius 2 is 2.27 bits per heavy atom. The van der Waals surface area contributed by atoms with Crippen LogP contribution < -0.4 is 5.32 Å². The van der Waals surface area contributed by atoms with Gasteiger partial charge in [-0.25, -0.2) is 0 Å². The highest BCUT2D eigenvalue weighted by atomic mass is 16.1. The average Bonchev–Trinajstić information content (AvgIpc) is 2.24. The summed E-state index contributed by atoms with van der Waals surface area (Å²) in [6, 6.07) is 1.83. The van der Waals surface area contributed by atoms with Gasteiger partial charge in [0.15, 0.2) is 0 Å². The Kier molecular flexibility index (Phi) is 4.54. The molecule has 3 nitrogen and oxygen atoms in total. The standard InChI is InChI=1S/C12H16N2O/c1-3-4-5-6-14-12(15)11-7-10(2)8-13-9-11/h4-5,7-9H,3,6H2,1-2H3,(H,14,15)/b5-4+. The number of carbonyl (C=O) groups excluding carboxylic acids is 1. The molecule has 80 valence electrons. The van der Waals surface area contributed by atoms with Crippen molar-refractivity contribution in [3.63, 3.8) is 0 Å². The molecule has 15 heavy (non-hydrogen) atoms. The van der Waals surface area contributed by atoms with Crippen LogP contribution >= 0.6 is 0 Å². The third-order valence-electron chi connectivity index (χ3n) is 1.92. The predicted octanol–water partition coefficient (Wildman–Crippen LogP) is 2.09. The highest BCUT2D eigenvalue weighted by Gasteiger charge is 2.03. The van der Waals surface area contributed by atoms with Gasteiger partial charge in [-0.3, -0.25) is 9.78 Å². The SMILES string of the molecule is CC/C=C/CNC(=O)c1cncc(C)c1. The molecule has 0 spiro atoms. The topological polar surface area (TPSA) is 42.0 Å². The lowest BCUT2D eigenvalue weighted by atomic mass is 10.2. The van der Waals surface area contributed by atoms with E-state index in [9.17, 15) is 4.79 Å². The predicted molar refractivity (Wildman–Crippen MR) is 60.7 cm³/mol. The van der Waals surface area contributed by atoms with E-state index >= 15 is 0 Å². The molecule has 0 fully saturated rings. The molecular formula is C12H16N2O. The fraction of sp³-hybridized carbons (Fsp3) is 0.333. The van der Waals surface area contributed by atoms with Crippen molar-refractivity contribution in [1.82, 2.24) is 10.3 Å². The zero-order valence-corrected chi connectivity index (χ0v) is 9.16. The first-order chi connectivity index (χ1) is 7.24. The molecule has 0 aliphatic rings. The van der Waals surface area contributed by atoms with E-state index in [0.717, 1.165) is 12.0 Å². The Hall–Kier alpha value is -1.64. The fourth-order valence-electron chi connectivity index (χ4n) is 1.18. The number of pyridine rings is 1. The van der Waals surface area contributed by atoms with E-state index in [4.69, 9.17) is 0 Å². The third kappa shape index (κ3) is 3.94. The van der Waals surface area contributed by atoms with Crippen molar-refractivity contribution in [2.45, 2.75) is 20.3 Å². The van der Waals surface area contributed by atoms with Gasteiger partial charge in [0.1, 0.15) is 0 Å². The van der Waals surface area contributed by atoms with Crippen LogP contribution in [0, 0.1) is 6.92 Å². The lowest BCUT2D eigenvalue weighted by molar-refractivity contribution is 0.0957. The molecule has 1 aromatic rings. The van der Waals surface area contributed by atoms with Crippen LogP contribution in [-0.2, 0) is 0 Å². The molecule has 1 heterocycles. The van der Waals surface area contributed by atoms with Crippen LogP contribution in [-0.4, -0.2) is 17.4 Å². The summed E-state index contributed by atoms with van der Waals surface area (Å²) in [6.07, 6.45) is 8.26. The minimum atomic E-state index is -0.0769. The monoisotopic (exact) mass is 204 g/mol. The normalized spacial score (nSPS) is 10.5. The second-order valence-corrected chi connectivity index (χ2v) is 3.34. The van der Waals surface area contributed by atoms with Gasteiger partial charge in [-0.15, -0.1) is 0 Å². The van der Waals surface area contributed by atoms with Crippen LogP contribution in [0.4, 0.5) is 0 Å². The zero-order chi connectivity index (χ0) is 11.1. The van der Waals surface area contributed by atoms with Gasteiger partial charge in [0, 0.05) is 18.9 Å². The number of nitrogens with zero attached hydrogens (tertiary/aromatic N) is 1. The molecule has 1 aromatic heterocycles. The Morgan fingerprint density at radius 1 is 1.47 bits per heavy atom. The zero-order valence-electron chi connectivity index (χ0n) is 9.16. The van der Waals surface area contributed by atoms with Crippen LogP contribution in [0.15, 0.2) is 30.6 Å². The Labute approximate surface area is 90.2 Å². The molecule has 0 aliphatic heterocycles. The van der Waals surface area contributed by atoms with E-state index in [1.807, 2.05) is 25.1 Å². The van der Waals surface area contributed by atoms with Gasteiger partial charge in [-0.05, 0) is 25.0 Å². The number of amides is 1. The van der Waals surface area contributed by atoms with Crippen molar-refractivity contribution in [2.24, 2.45) is 0 Å². The molecule has 0 saturated heterocycles. The summed E-state index contributed by atoms with van der Waals surface area (Å²) >= 11 is 0. The Bertz CT molecular complexity index is 358. The number of hydrogen-bond donors (Lipinski definition) is 1. The quantitative estimate of drug-likeness (QED) is 0.763. The molecule has 1 N–H and O–H groups in total. The van der Waals surface area contributed by atoms with Gasteiger partial charge in [0.05, 0.1) is 5.56 Å². The Balaban J connectivity index is 2.50. The number of nitrogens with one attached hydrogen (secondary N) is 1. The first-order valence-corrected chi connectivity index (χ1v) is 5.09. The molecule has 1 amide bonds. The number of hydrogen-bond acceptors (Lipinski definition) is 2. The van der Waals surface area contributed by atoms with Gasteiger partial charge in [0.2, 0.25) is 0 Å². The molecule has 0 atom stereocenters. The number of aryl methyl sites for hydroxylation is 1. The van der Waals surface area contributed by atoms with E-state index in [0.29, 0.717) is 12.1 Å². The number of allylic oxidation sites excluding steroid dienone is 1. The molecule has 0 aromatic carbocycles. The summed E-state index contributed by atoms with van der Waals surface area (Å²) in [5.41, 5.74) is 1.60. The highest BCUT2D eigenvalue weighted by molar-refractivity contribution is 5.94. The van der Waals surface area contributed by atoms with Crippen LogP contribution in [0.1, 0.15) is 29.3 Å². The van der Waals surface area contributed by atoms with Gasteiger partial charge in [0.25, 0.3) is 5.91 Å². The molecular weight excluding hydrogens is 188 g/mol. The molecule has 1 rings (SSSR count). The molecule has 0 radical (unpaired) electrons. The van der Waals surface area contributed by atoms with E-state index in [1.165, 1.54) is 0 Å². The molecule has 3 heteroatoms. The number of carbonyl (C=O) groups is 1. The Morgan fingerprint density at radius 3 is 2.93 bits per heavy atom. The summed E-state index contributed by atoms with van der Waals surface area (Å²) in [4.78, 5) is 15.5. The lowest BCUT2D eigenvalue weighted by Crippen LogP contribution is -2.23. The smallest absolute Gasteiger partial charge is 0.253 e. The largest absolute Gasteiger partial charge is 0.349 e. The molecule has 0 saturated carbocycles. The van der Waals surface area contributed by atoms with E-state index < -0.39 is 0 Å². The lowest BCUT2D eigenvalue weighted by Gasteiger charge is -2.02. The van der Waals surface area contributed by atoms with Crippen molar-refractivity contribution >= 4 is 5.91 Å². The summed E-state index contributed by atoms with van der Waals surface area (Å²) in [7, 11) is 0. The third-order valence-corrected chi connectivity index (χ3v) is 1.92. The summed E-state index contributed by atoms with van der Waals surface area (Å²) in [6.45, 7) is 4.55. The van der Waals surface area contributed by atoms with Gasteiger partial charge in [-0.1, -0.05) is 19.1 Å². The van der Waals surface area contributed by atoms with Gasteiger partial charge < -0.3 is 5.32 Å². The second kappa shape index (κ2) is 5.96. The minimum absolute atomic E-state index is 0.0769. The van der Waals surface area contributed by atoms with Crippen molar-refractivity contribution in [1.29, 1.82) is 0 Å². The van der Waals surface area contributed by atoms with Crippen LogP contribution in [0.25, 0.3) is 0 Å². The van der Waals surface area contributed by atoms with Crippen molar-refractivity contribution < 1.29 is 4.79 Å². The maximum absolute atomic E-state index is 11.6. The summed E-state index contributed by atoms with van der Waals surface area (Å²) < 4.78 is 0. The first-order valence-electron chi connectivity index (χ1n) is 5.09. The van der Waals surface area contributed by atoms with Crippen molar-refractivity contribution in [3.8, 4) is 0 Å². The van der Waals surface area contributed by atoms with Crippen LogP contribution in [0.5, 0.6) is 0 Å². The van der Waals surface area contributed by atoms with Crippen LogP contribution in [0.3, 0.4) is 0 Å². The van der Waals surface area contributed by atoms with Crippen molar-refractivity contribution in [3.05, 3.63) is 41.7 Å². The summed E-state index contributed by atoms with van der Waals surface area (Å²) in [5, 5.41) is 2.80. The maximum Gasteiger partial charge on any atom is 0.253 e. The minimum Gasteiger partial charge on any atom is -0.349 e. The van der Waals surface area contributed by atoms with E-state index in [-0.39, 0.29) is 5.91 Å². The van der Waals surface area contributed by atoms with Gasteiger partial charge in [-0.2, -0.15) is 0 Å². The highest BCUT2D eigenvalue weighted by Crippen LogP contribution is 2.00. The second-order valence-electron chi connectivity index (χ2n) is 3.34. The van der Waals surface area contributed by atoms with Gasteiger partial charge >= 0.3 is 0 Å². The average molecular weight is 204 g/mol.